The summed E-state index contributed by atoms with van der Waals surface area (Å²) in [5, 5.41) is 4.48. The van der Waals surface area contributed by atoms with Crippen LogP contribution in [0.15, 0.2) is 36.4 Å². The Hall–Kier alpha value is -2.58. The van der Waals surface area contributed by atoms with Crippen molar-refractivity contribution in [3.8, 4) is 0 Å². The quantitative estimate of drug-likeness (QED) is 0.489. The summed E-state index contributed by atoms with van der Waals surface area (Å²) in [7, 11) is 0. The number of carbonyl (C=O) groups is 1. The minimum Gasteiger partial charge on any atom is -0.348 e. The average molecular weight is 427 g/mol. The highest BCUT2D eigenvalue weighted by atomic mass is 32.1. The summed E-state index contributed by atoms with van der Waals surface area (Å²) in [4.78, 5) is 23.9. The van der Waals surface area contributed by atoms with Gasteiger partial charge in [0.1, 0.15) is 11.3 Å². The maximum absolute atomic E-state index is 13.9. The first-order valence-electron chi connectivity index (χ1n) is 9.55. The number of carbonyl (C=O) groups excluding carboxylic acids is 1. The van der Waals surface area contributed by atoms with E-state index >= 15 is 0 Å². The molecule has 2 aromatic heterocycles. The number of nitrogens with zero attached hydrogens (tertiary/aromatic N) is 3. The van der Waals surface area contributed by atoms with Gasteiger partial charge >= 0.3 is 0 Å². The molecule has 0 radical (unpaired) electrons. The van der Waals surface area contributed by atoms with E-state index in [4.69, 9.17) is 0 Å². The Morgan fingerprint density at radius 1 is 1.07 bits per heavy atom. The van der Waals surface area contributed by atoms with Crippen molar-refractivity contribution < 1.29 is 9.18 Å². The van der Waals surface area contributed by atoms with Crippen LogP contribution in [0.4, 0.5) is 14.7 Å². The van der Waals surface area contributed by atoms with Crippen LogP contribution in [0.1, 0.15) is 18.4 Å². The summed E-state index contributed by atoms with van der Waals surface area (Å²) >= 11 is 3.01. The van der Waals surface area contributed by atoms with Gasteiger partial charge in [-0.05, 0) is 43.5 Å². The second kappa shape index (κ2) is 7.35. The van der Waals surface area contributed by atoms with Gasteiger partial charge in [0.15, 0.2) is 10.3 Å². The number of piperidine rings is 1. The van der Waals surface area contributed by atoms with Gasteiger partial charge < -0.3 is 10.2 Å². The maximum Gasteiger partial charge on any atom is 0.229 e. The zero-order valence-electron chi connectivity index (χ0n) is 15.8. The number of halogens is 1. The molecule has 0 aliphatic carbocycles. The van der Waals surface area contributed by atoms with Gasteiger partial charge in [-0.2, -0.15) is 0 Å². The lowest BCUT2D eigenvalue weighted by Crippen LogP contribution is -2.38. The summed E-state index contributed by atoms with van der Waals surface area (Å²) in [6, 6.07) is 11.1. The predicted octanol–water partition coefficient (Wildman–Crippen LogP) is 5.21. The Kier molecular flexibility index (Phi) is 4.67. The number of hydrogen-bond donors (Lipinski definition) is 1. The fraction of sp³-hybridized carbons (Fsp3) is 0.286. The van der Waals surface area contributed by atoms with Gasteiger partial charge in [0.2, 0.25) is 5.91 Å². The molecule has 4 aromatic rings. The molecule has 1 amide bonds. The van der Waals surface area contributed by atoms with Crippen molar-refractivity contribution in [2.45, 2.75) is 19.8 Å². The molecule has 1 aliphatic rings. The first kappa shape index (κ1) is 18.4. The molecule has 5 rings (SSSR count). The monoisotopic (exact) mass is 426 g/mol. The van der Waals surface area contributed by atoms with Gasteiger partial charge in [-0.25, -0.2) is 14.4 Å². The fourth-order valence-corrected chi connectivity index (χ4v) is 5.70. The summed E-state index contributed by atoms with van der Waals surface area (Å²) < 4.78 is 15.8. The summed E-state index contributed by atoms with van der Waals surface area (Å²) in [6.45, 7) is 3.49. The molecule has 0 saturated carbocycles. The van der Waals surface area contributed by atoms with Gasteiger partial charge in [0, 0.05) is 19.0 Å². The number of benzene rings is 2. The van der Waals surface area contributed by atoms with Gasteiger partial charge in [0.05, 0.1) is 14.9 Å². The van der Waals surface area contributed by atoms with Gasteiger partial charge in [-0.1, -0.05) is 40.9 Å². The summed E-state index contributed by atoms with van der Waals surface area (Å²) in [5.74, 6) is -0.312. The normalized spacial score (nSPS) is 15.3. The molecule has 29 heavy (non-hydrogen) atoms. The Morgan fingerprint density at radius 2 is 1.79 bits per heavy atom. The molecule has 0 unspecified atom stereocenters. The number of para-hydroxylation sites is 2. The van der Waals surface area contributed by atoms with Crippen molar-refractivity contribution >= 4 is 59.3 Å². The number of thiazole rings is 2. The van der Waals surface area contributed by atoms with Crippen molar-refractivity contribution in [1.82, 2.24) is 9.97 Å². The molecule has 1 N–H and O–H groups in total. The van der Waals surface area contributed by atoms with Crippen LogP contribution < -0.4 is 10.2 Å². The van der Waals surface area contributed by atoms with E-state index in [1.807, 2.05) is 31.2 Å². The van der Waals surface area contributed by atoms with Crippen LogP contribution in [0.25, 0.3) is 20.4 Å². The second-order valence-electron chi connectivity index (χ2n) is 7.27. The van der Waals surface area contributed by atoms with Crippen LogP contribution in [0, 0.1) is 18.7 Å². The Morgan fingerprint density at radius 3 is 2.52 bits per heavy atom. The highest BCUT2D eigenvalue weighted by molar-refractivity contribution is 7.22. The predicted molar refractivity (Wildman–Crippen MR) is 118 cm³/mol. The third-order valence-corrected chi connectivity index (χ3v) is 7.36. The first-order chi connectivity index (χ1) is 14.1. The van der Waals surface area contributed by atoms with Gasteiger partial charge in [-0.3, -0.25) is 4.79 Å². The number of nitrogens with one attached hydrogen (secondary N) is 1. The Labute approximate surface area is 175 Å². The van der Waals surface area contributed by atoms with E-state index in [1.54, 1.807) is 6.07 Å². The zero-order chi connectivity index (χ0) is 20.0. The maximum atomic E-state index is 13.9. The van der Waals surface area contributed by atoms with Crippen LogP contribution >= 0.6 is 22.7 Å². The third kappa shape index (κ3) is 3.47. The van der Waals surface area contributed by atoms with Crippen LogP contribution in [-0.4, -0.2) is 29.0 Å². The van der Waals surface area contributed by atoms with Gasteiger partial charge in [0.25, 0.3) is 0 Å². The number of fused-ring (bicyclic) bond motifs is 2. The SMILES string of the molecule is Cc1cccc2sc(NC(=O)C3CCN(c4nc5c(F)cccc5s4)CC3)nc12. The molecular weight excluding hydrogens is 407 g/mol. The van der Waals surface area contributed by atoms with Crippen LogP contribution in [0.5, 0.6) is 0 Å². The van der Waals surface area contributed by atoms with Crippen molar-refractivity contribution in [3.63, 3.8) is 0 Å². The molecule has 1 aliphatic heterocycles. The molecule has 1 fully saturated rings. The molecule has 3 heterocycles. The van der Waals surface area contributed by atoms with Crippen molar-refractivity contribution in [2.24, 2.45) is 5.92 Å². The van der Waals surface area contributed by atoms with E-state index in [9.17, 15) is 9.18 Å². The molecule has 0 spiro atoms. The number of aromatic nitrogens is 2. The zero-order valence-corrected chi connectivity index (χ0v) is 17.4. The molecule has 0 atom stereocenters. The number of rotatable bonds is 3. The molecular formula is C21H19FN4OS2. The van der Waals surface area contributed by atoms with Crippen molar-refractivity contribution in [2.75, 3.05) is 23.3 Å². The van der Waals surface area contributed by atoms with E-state index in [0.717, 1.165) is 51.5 Å². The topological polar surface area (TPSA) is 58.1 Å². The van der Waals surface area contributed by atoms with E-state index in [0.29, 0.717) is 10.6 Å². The van der Waals surface area contributed by atoms with Crippen molar-refractivity contribution in [3.05, 3.63) is 47.8 Å². The van der Waals surface area contributed by atoms with E-state index in [1.165, 1.54) is 28.7 Å². The molecule has 8 heteroatoms. The number of amides is 1. The average Bonchev–Trinajstić information content (AvgIpc) is 3.34. The Balaban J connectivity index is 1.25. The molecule has 2 aromatic carbocycles. The van der Waals surface area contributed by atoms with Crippen LogP contribution in [-0.2, 0) is 4.79 Å². The van der Waals surface area contributed by atoms with Gasteiger partial charge in [-0.15, -0.1) is 0 Å². The second-order valence-corrected chi connectivity index (χ2v) is 9.31. The molecule has 148 valence electrons. The summed E-state index contributed by atoms with van der Waals surface area (Å²) in [6.07, 6.45) is 1.49. The first-order valence-corrected chi connectivity index (χ1v) is 11.2. The fourth-order valence-electron chi connectivity index (χ4n) is 3.72. The summed E-state index contributed by atoms with van der Waals surface area (Å²) in [5.41, 5.74) is 2.49. The Bertz CT molecular complexity index is 1210. The van der Waals surface area contributed by atoms with E-state index in [2.05, 4.69) is 20.2 Å². The van der Waals surface area contributed by atoms with Crippen LogP contribution in [0.3, 0.4) is 0 Å². The highest BCUT2D eigenvalue weighted by Gasteiger charge is 2.27. The number of aryl methyl sites for hydroxylation is 1. The minimum atomic E-state index is -0.287. The minimum absolute atomic E-state index is 0.0247. The molecule has 5 nitrogen and oxygen atoms in total. The van der Waals surface area contributed by atoms with Crippen molar-refractivity contribution in [1.29, 1.82) is 0 Å². The lowest BCUT2D eigenvalue weighted by atomic mass is 9.96. The van der Waals surface area contributed by atoms with E-state index < -0.39 is 0 Å². The van der Waals surface area contributed by atoms with Crippen LogP contribution in [0.2, 0.25) is 0 Å². The number of anilines is 2. The lowest BCUT2D eigenvalue weighted by molar-refractivity contribution is -0.120. The number of hydrogen-bond acceptors (Lipinski definition) is 6. The standard InChI is InChI=1S/C21H19FN4OS2/c1-12-4-2-6-15-17(12)23-20(28-15)25-19(27)13-8-10-26(11-9-13)21-24-18-14(22)5-3-7-16(18)29-21/h2-7,13H,8-11H2,1H3,(H,23,25,27). The lowest BCUT2D eigenvalue weighted by Gasteiger charge is -2.30. The largest absolute Gasteiger partial charge is 0.348 e. The molecule has 1 saturated heterocycles. The highest BCUT2D eigenvalue weighted by Crippen LogP contribution is 2.33. The molecule has 0 bridgehead atoms. The third-order valence-electron chi connectivity index (χ3n) is 5.35. The van der Waals surface area contributed by atoms with E-state index in [-0.39, 0.29) is 17.6 Å². The smallest absolute Gasteiger partial charge is 0.229 e.